The molecule has 1 heterocycles. The molecule has 1 aliphatic carbocycles. The van der Waals surface area contributed by atoms with E-state index in [9.17, 15) is 9.59 Å². The maximum Gasteiger partial charge on any atom is 0.316 e. The lowest BCUT2D eigenvalue weighted by atomic mass is 10.0. The summed E-state index contributed by atoms with van der Waals surface area (Å²) in [4.78, 5) is 23.8. The number of carbonyl (C=O) groups excluding carboxylic acids is 2. The van der Waals surface area contributed by atoms with Crippen LogP contribution in [0.1, 0.15) is 50.2 Å². The van der Waals surface area contributed by atoms with Crippen molar-refractivity contribution in [1.29, 1.82) is 0 Å². The second-order valence-corrected chi connectivity index (χ2v) is 9.55. The first kappa shape index (κ1) is 23.9. The van der Waals surface area contributed by atoms with Crippen LogP contribution in [0.15, 0.2) is 47.6 Å². The van der Waals surface area contributed by atoms with E-state index in [-0.39, 0.29) is 16.6 Å². The molecule has 2 aromatic rings. The van der Waals surface area contributed by atoms with Gasteiger partial charge in [-0.3, -0.25) is 4.79 Å². The molecule has 0 radical (unpaired) electrons. The van der Waals surface area contributed by atoms with Gasteiger partial charge in [0.1, 0.15) is 0 Å². The number of nitrogens with one attached hydrogen (secondary N) is 1. The molecular formula is C25H30N4O4S. The number of hydrogen-bond acceptors (Lipinski definition) is 6. The number of carbonyl (C=O) groups is 2. The number of benzene rings is 2. The van der Waals surface area contributed by atoms with E-state index in [1.165, 1.54) is 29.6 Å². The zero-order valence-corrected chi connectivity index (χ0v) is 20.3. The van der Waals surface area contributed by atoms with Crippen molar-refractivity contribution >= 4 is 34.4 Å². The summed E-state index contributed by atoms with van der Waals surface area (Å²) >= 11 is 1.29. The molecule has 0 spiro atoms. The zero-order chi connectivity index (χ0) is 24.1. The van der Waals surface area contributed by atoms with Gasteiger partial charge in [0, 0.05) is 11.3 Å². The number of nitrogens with two attached hydrogens (primary N) is 1. The lowest BCUT2D eigenvalue weighted by Crippen LogP contribution is -2.34. The van der Waals surface area contributed by atoms with Crippen LogP contribution in [0.5, 0.6) is 11.5 Å². The van der Waals surface area contributed by atoms with Crippen molar-refractivity contribution in [2.24, 2.45) is 10.8 Å². The fourth-order valence-electron chi connectivity index (χ4n) is 4.22. The lowest BCUT2D eigenvalue weighted by molar-refractivity contribution is 0.201. The fraction of sp³-hybridized carbons (Fsp3) is 0.400. The second-order valence-electron chi connectivity index (χ2n) is 8.40. The van der Waals surface area contributed by atoms with Crippen LogP contribution in [0.4, 0.5) is 15.3 Å². The number of hydrazone groups is 1. The monoisotopic (exact) mass is 482 g/mol. The summed E-state index contributed by atoms with van der Waals surface area (Å²) in [6.07, 6.45) is 5.46. The Hall–Kier alpha value is -3.20. The highest BCUT2D eigenvalue weighted by Crippen LogP contribution is 2.35. The molecule has 1 atom stereocenters. The number of anilines is 1. The Morgan fingerprint density at radius 1 is 1.18 bits per heavy atom. The maximum absolute atomic E-state index is 12.8. The Morgan fingerprint density at radius 2 is 1.91 bits per heavy atom. The zero-order valence-electron chi connectivity index (χ0n) is 19.5. The molecule has 1 aliphatic heterocycles. The number of amides is 3. The number of primary amides is 1. The van der Waals surface area contributed by atoms with Crippen LogP contribution in [0.25, 0.3) is 0 Å². The van der Waals surface area contributed by atoms with Crippen LogP contribution in [-0.2, 0) is 6.54 Å². The van der Waals surface area contributed by atoms with Crippen molar-refractivity contribution in [1.82, 2.24) is 5.01 Å². The molecule has 1 saturated carbocycles. The highest BCUT2D eigenvalue weighted by molar-refractivity contribution is 8.14. The minimum absolute atomic E-state index is 0.0429. The third kappa shape index (κ3) is 5.64. The summed E-state index contributed by atoms with van der Waals surface area (Å²) < 4.78 is 11.8. The van der Waals surface area contributed by atoms with Crippen LogP contribution < -0.4 is 20.5 Å². The molecule has 34 heavy (non-hydrogen) atoms. The number of methoxy groups -OCH3 is 1. The first-order valence-corrected chi connectivity index (χ1v) is 12.4. The minimum atomic E-state index is -0.619. The first-order chi connectivity index (χ1) is 16.5. The third-order valence-electron chi connectivity index (χ3n) is 5.97. The van der Waals surface area contributed by atoms with Gasteiger partial charge in [-0.2, -0.15) is 5.10 Å². The number of thioether (sulfide) groups is 1. The van der Waals surface area contributed by atoms with Crippen molar-refractivity contribution < 1.29 is 19.1 Å². The van der Waals surface area contributed by atoms with Crippen LogP contribution >= 0.6 is 11.8 Å². The summed E-state index contributed by atoms with van der Waals surface area (Å²) in [5, 5.41) is 8.66. The van der Waals surface area contributed by atoms with Gasteiger partial charge in [-0.15, -0.1) is 0 Å². The molecule has 0 aromatic heterocycles. The molecule has 2 aliphatic rings. The fourth-order valence-corrected chi connectivity index (χ4v) is 5.15. The van der Waals surface area contributed by atoms with E-state index in [0.29, 0.717) is 18.0 Å². The van der Waals surface area contributed by atoms with Crippen molar-refractivity contribution in [2.45, 2.75) is 56.9 Å². The lowest BCUT2D eigenvalue weighted by Gasteiger charge is -2.29. The van der Waals surface area contributed by atoms with Crippen molar-refractivity contribution in [3.63, 3.8) is 0 Å². The molecule has 8 nitrogen and oxygen atoms in total. The molecule has 180 valence electrons. The number of ether oxygens (including phenoxy) is 2. The maximum atomic E-state index is 12.8. The topological polar surface area (TPSA) is 106 Å². The van der Waals surface area contributed by atoms with E-state index in [1.54, 1.807) is 19.2 Å². The largest absolute Gasteiger partial charge is 0.493 e. The molecule has 0 bridgehead atoms. The SMILES string of the molecule is CCC1SC(=O)N(Cc2ccc(NC(N)=O)cc2)N=C1c1ccc(OC)c(OC2CCCC2)c1. The van der Waals surface area contributed by atoms with Crippen molar-refractivity contribution in [3.05, 3.63) is 53.6 Å². The number of hydrogen-bond donors (Lipinski definition) is 2. The summed E-state index contributed by atoms with van der Waals surface area (Å²) in [5.74, 6) is 1.42. The molecule has 0 saturated heterocycles. The Morgan fingerprint density at radius 3 is 2.56 bits per heavy atom. The van der Waals surface area contributed by atoms with Crippen LogP contribution in [0.3, 0.4) is 0 Å². The van der Waals surface area contributed by atoms with Gasteiger partial charge in [0.15, 0.2) is 11.5 Å². The normalized spacial score (nSPS) is 18.5. The van der Waals surface area contributed by atoms with Gasteiger partial charge in [0.25, 0.3) is 0 Å². The van der Waals surface area contributed by atoms with Crippen molar-refractivity contribution in [2.75, 3.05) is 12.4 Å². The summed E-state index contributed by atoms with van der Waals surface area (Å²) in [5.41, 5.74) is 8.42. The van der Waals surface area contributed by atoms with Gasteiger partial charge >= 0.3 is 11.3 Å². The van der Waals surface area contributed by atoms with Crippen LogP contribution in [0, 0.1) is 0 Å². The highest BCUT2D eigenvalue weighted by Gasteiger charge is 2.31. The standard InChI is InChI=1S/C25H30N4O4S/c1-3-22-23(17-10-13-20(32-2)21(14-17)33-19-6-4-5-7-19)28-29(25(31)34-22)15-16-8-11-18(12-9-16)27-24(26)30/h8-14,19,22H,3-7,15H2,1-2H3,(H3,26,27,30). The van der Waals surface area contributed by atoms with Gasteiger partial charge in [-0.25, -0.2) is 9.80 Å². The molecule has 1 unspecified atom stereocenters. The second kappa shape index (κ2) is 10.8. The van der Waals surface area contributed by atoms with Gasteiger partial charge in [0.05, 0.1) is 30.7 Å². The minimum Gasteiger partial charge on any atom is -0.493 e. The van der Waals surface area contributed by atoms with Crippen LogP contribution in [0.2, 0.25) is 0 Å². The molecule has 9 heteroatoms. The predicted octanol–water partition coefficient (Wildman–Crippen LogP) is 5.36. The number of urea groups is 1. The van der Waals surface area contributed by atoms with Gasteiger partial charge in [-0.05, 0) is 68.0 Å². The average Bonchev–Trinajstić information content (AvgIpc) is 3.34. The first-order valence-electron chi connectivity index (χ1n) is 11.5. The Kier molecular flexibility index (Phi) is 7.62. The molecule has 3 N–H and O–H groups in total. The predicted molar refractivity (Wildman–Crippen MR) is 135 cm³/mol. The summed E-state index contributed by atoms with van der Waals surface area (Å²) in [6.45, 7) is 2.38. The van der Waals surface area contributed by atoms with Gasteiger partial charge < -0.3 is 20.5 Å². The number of rotatable bonds is 8. The molecule has 4 rings (SSSR count). The Bertz CT molecular complexity index is 1070. The van der Waals surface area contributed by atoms with E-state index in [0.717, 1.165) is 41.9 Å². The third-order valence-corrected chi connectivity index (χ3v) is 7.22. The molecule has 2 aromatic carbocycles. The summed E-state index contributed by atoms with van der Waals surface area (Å²) in [6, 6.07) is 12.4. The summed E-state index contributed by atoms with van der Waals surface area (Å²) in [7, 11) is 1.64. The quantitative estimate of drug-likeness (QED) is 0.527. The Balaban J connectivity index is 1.59. The molecule has 1 fully saturated rings. The van der Waals surface area contributed by atoms with E-state index < -0.39 is 6.03 Å². The van der Waals surface area contributed by atoms with Gasteiger partial charge in [-0.1, -0.05) is 30.8 Å². The smallest absolute Gasteiger partial charge is 0.316 e. The van der Waals surface area contributed by atoms with E-state index in [2.05, 4.69) is 12.2 Å². The highest BCUT2D eigenvalue weighted by atomic mass is 32.2. The average molecular weight is 483 g/mol. The number of nitrogens with zero attached hydrogens (tertiary/aromatic N) is 2. The van der Waals surface area contributed by atoms with E-state index in [4.69, 9.17) is 20.3 Å². The van der Waals surface area contributed by atoms with Crippen LogP contribution in [-0.4, -0.2) is 40.5 Å². The van der Waals surface area contributed by atoms with E-state index >= 15 is 0 Å². The van der Waals surface area contributed by atoms with Crippen molar-refractivity contribution in [3.8, 4) is 11.5 Å². The van der Waals surface area contributed by atoms with E-state index in [1.807, 2.05) is 30.3 Å². The van der Waals surface area contributed by atoms with Gasteiger partial charge in [0.2, 0.25) is 0 Å². The molecular weight excluding hydrogens is 452 g/mol. The molecule has 3 amide bonds. The Labute approximate surface area is 203 Å².